The van der Waals surface area contributed by atoms with Gasteiger partial charge >= 0.3 is 0 Å². The molecular weight excluding hydrogens is 134 g/mol. The highest BCUT2D eigenvalue weighted by atomic mass is 15.2. The van der Waals surface area contributed by atoms with E-state index >= 15 is 0 Å². The van der Waals surface area contributed by atoms with Gasteiger partial charge in [-0.3, -0.25) is 4.90 Å². The van der Waals surface area contributed by atoms with Gasteiger partial charge in [0.05, 0.1) is 0 Å². The molecule has 1 aliphatic rings. The fraction of sp³-hybridized carbons (Fsp3) is 0.800. The number of likely N-dealkylation sites (tertiary alicyclic amines) is 1. The molecule has 0 aliphatic carbocycles. The molecule has 11 heavy (non-hydrogen) atoms. The Balaban J connectivity index is 2.81. The molecule has 0 aromatic heterocycles. The maximum absolute atomic E-state index is 3.89. The van der Waals surface area contributed by atoms with Crippen LogP contribution in [0.15, 0.2) is 12.7 Å². The van der Waals surface area contributed by atoms with Crippen molar-refractivity contribution in [2.75, 3.05) is 13.6 Å². The molecule has 1 saturated heterocycles. The maximum Gasteiger partial charge on any atom is 0.0363 e. The zero-order valence-electron chi connectivity index (χ0n) is 8.15. The first-order valence-electron chi connectivity index (χ1n) is 4.24. The van der Waals surface area contributed by atoms with Gasteiger partial charge in [0.1, 0.15) is 0 Å². The van der Waals surface area contributed by atoms with Gasteiger partial charge in [0, 0.05) is 12.1 Å². The Hall–Kier alpha value is -0.300. The smallest absolute Gasteiger partial charge is 0.0363 e. The second-order valence-electron chi connectivity index (χ2n) is 4.76. The Morgan fingerprint density at radius 2 is 1.91 bits per heavy atom. The lowest BCUT2D eigenvalue weighted by Gasteiger charge is -2.28. The zero-order chi connectivity index (χ0) is 8.70. The van der Waals surface area contributed by atoms with E-state index in [9.17, 15) is 0 Å². The van der Waals surface area contributed by atoms with E-state index in [4.69, 9.17) is 0 Å². The van der Waals surface area contributed by atoms with Crippen molar-refractivity contribution < 1.29 is 0 Å². The molecule has 1 nitrogen and oxygen atoms in total. The number of nitrogens with zero attached hydrogens (tertiary/aromatic N) is 1. The molecule has 1 heteroatoms. The Morgan fingerprint density at radius 3 is 2.09 bits per heavy atom. The van der Waals surface area contributed by atoms with E-state index in [0.29, 0.717) is 5.41 Å². The standard InChI is InChI=1S/C10H19N/c1-6-10(4)7-9(2,3)8-11(10)5/h6H,1,7-8H2,2-5H3/t10-/m1/s1. The number of hydrogen-bond acceptors (Lipinski definition) is 1. The van der Waals surface area contributed by atoms with E-state index < -0.39 is 0 Å². The maximum atomic E-state index is 3.89. The normalized spacial score (nSPS) is 37.5. The largest absolute Gasteiger partial charge is 0.297 e. The fourth-order valence-electron chi connectivity index (χ4n) is 2.21. The molecule has 1 rings (SSSR count). The van der Waals surface area contributed by atoms with Crippen molar-refractivity contribution in [3.63, 3.8) is 0 Å². The predicted molar refractivity (Wildman–Crippen MR) is 49.6 cm³/mol. The van der Waals surface area contributed by atoms with Crippen molar-refractivity contribution in [2.24, 2.45) is 5.41 Å². The molecule has 0 saturated carbocycles. The first-order valence-corrected chi connectivity index (χ1v) is 4.24. The lowest BCUT2D eigenvalue weighted by atomic mass is 9.85. The third-order valence-corrected chi connectivity index (χ3v) is 2.81. The lowest BCUT2D eigenvalue weighted by molar-refractivity contribution is 0.249. The second kappa shape index (κ2) is 2.34. The highest BCUT2D eigenvalue weighted by Crippen LogP contribution is 2.40. The van der Waals surface area contributed by atoms with Crippen LogP contribution in [0.5, 0.6) is 0 Å². The van der Waals surface area contributed by atoms with E-state index in [0.717, 1.165) is 0 Å². The Labute approximate surface area is 70.1 Å². The second-order valence-corrected chi connectivity index (χ2v) is 4.76. The Morgan fingerprint density at radius 1 is 1.36 bits per heavy atom. The summed E-state index contributed by atoms with van der Waals surface area (Å²) in [6.07, 6.45) is 3.29. The first-order chi connectivity index (χ1) is 4.90. The van der Waals surface area contributed by atoms with E-state index in [-0.39, 0.29) is 5.54 Å². The third kappa shape index (κ3) is 1.48. The molecule has 0 bridgehead atoms. The topological polar surface area (TPSA) is 3.24 Å². The van der Waals surface area contributed by atoms with Crippen LogP contribution in [0.1, 0.15) is 27.2 Å². The summed E-state index contributed by atoms with van der Waals surface area (Å²) in [5.74, 6) is 0. The van der Waals surface area contributed by atoms with Gasteiger partial charge in [0.25, 0.3) is 0 Å². The summed E-state index contributed by atoms with van der Waals surface area (Å²) >= 11 is 0. The first kappa shape index (κ1) is 8.79. The molecule has 0 unspecified atom stereocenters. The van der Waals surface area contributed by atoms with Gasteiger partial charge in [-0.1, -0.05) is 19.9 Å². The van der Waals surface area contributed by atoms with Gasteiger partial charge in [-0.15, -0.1) is 6.58 Å². The van der Waals surface area contributed by atoms with Crippen molar-refractivity contribution in [2.45, 2.75) is 32.7 Å². The molecule has 1 heterocycles. The van der Waals surface area contributed by atoms with Gasteiger partial charge < -0.3 is 0 Å². The SMILES string of the molecule is C=C[C@]1(C)CC(C)(C)CN1C. The van der Waals surface area contributed by atoms with Crippen molar-refractivity contribution in [1.82, 2.24) is 4.90 Å². The van der Waals surface area contributed by atoms with Gasteiger partial charge in [-0.05, 0) is 25.8 Å². The molecule has 1 aliphatic heterocycles. The van der Waals surface area contributed by atoms with E-state index in [1.807, 2.05) is 0 Å². The molecule has 0 spiro atoms. The van der Waals surface area contributed by atoms with Crippen LogP contribution < -0.4 is 0 Å². The van der Waals surface area contributed by atoms with E-state index in [1.54, 1.807) is 0 Å². The Kier molecular flexibility index (Phi) is 1.87. The minimum atomic E-state index is 0.226. The fourth-order valence-corrected chi connectivity index (χ4v) is 2.21. The van der Waals surface area contributed by atoms with Crippen molar-refractivity contribution in [3.8, 4) is 0 Å². The summed E-state index contributed by atoms with van der Waals surface area (Å²) in [6, 6.07) is 0. The van der Waals surface area contributed by atoms with Crippen LogP contribution in [0.3, 0.4) is 0 Å². The van der Waals surface area contributed by atoms with Crippen LogP contribution in [0.2, 0.25) is 0 Å². The molecule has 1 atom stereocenters. The van der Waals surface area contributed by atoms with Crippen LogP contribution in [0, 0.1) is 5.41 Å². The lowest BCUT2D eigenvalue weighted by Crippen LogP contribution is -2.35. The molecule has 0 radical (unpaired) electrons. The third-order valence-electron chi connectivity index (χ3n) is 2.81. The van der Waals surface area contributed by atoms with E-state index in [2.05, 4.69) is 45.4 Å². The highest BCUT2D eigenvalue weighted by Gasteiger charge is 2.41. The average Bonchev–Trinajstić information content (AvgIpc) is 2.03. The molecular formula is C10H19N. The summed E-state index contributed by atoms with van der Waals surface area (Å²) in [5, 5.41) is 0. The van der Waals surface area contributed by atoms with Crippen LogP contribution >= 0.6 is 0 Å². The zero-order valence-corrected chi connectivity index (χ0v) is 8.15. The van der Waals surface area contributed by atoms with Gasteiger partial charge in [0.15, 0.2) is 0 Å². The summed E-state index contributed by atoms with van der Waals surface area (Å²) in [5.41, 5.74) is 0.682. The van der Waals surface area contributed by atoms with Crippen molar-refractivity contribution in [3.05, 3.63) is 12.7 Å². The molecule has 0 aromatic rings. The number of rotatable bonds is 1. The number of likely N-dealkylation sites (N-methyl/N-ethyl adjacent to an activating group) is 1. The predicted octanol–water partition coefficient (Wildman–Crippen LogP) is 2.29. The monoisotopic (exact) mass is 153 g/mol. The highest BCUT2D eigenvalue weighted by molar-refractivity contribution is 5.08. The number of hydrogen-bond donors (Lipinski definition) is 0. The van der Waals surface area contributed by atoms with Crippen molar-refractivity contribution >= 4 is 0 Å². The molecule has 0 aromatic carbocycles. The summed E-state index contributed by atoms with van der Waals surface area (Å²) < 4.78 is 0. The van der Waals surface area contributed by atoms with Crippen LogP contribution in [-0.2, 0) is 0 Å². The summed E-state index contributed by atoms with van der Waals surface area (Å²) in [7, 11) is 2.18. The van der Waals surface area contributed by atoms with E-state index in [1.165, 1.54) is 13.0 Å². The summed E-state index contributed by atoms with van der Waals surface area (Å²) in [4.78, 5) is 2.39. The Bertz CT molecular complexity index is 172. The molecule has 1 fully saturated rings. The van der Waals surface area contributed by atoms with Gasteiger partial charge in [-0.25, -0.2) is 0 Å². The van der Waals surface area contributed by atoms with Gasteiger partial charge in [-0.2, -0.15) is 0 Å². The van der Waals surface area contributed by atoms with Crippen LogP contribution in [-0.4, -0.2) is 24.0 Å². The molecule has 0 amide bonds. The summed E-state index contributed by atoms with van der Waals surface area (Å²) in [6.45, 7) is 12.0. The average molecular weight is 153 g/mol. The van der Waals surface area contributed by atoms with Crippen LogP contribution in [0.25, 0.3) is 0 Å². The minimum absolute atomic E-state index is 0.226. The quantitative estimate of drug-likeness (QED) is 0.522. The molecule has 0 N–H and O–H groups in total. The van der Waals surface area contributed by atoms with Gasteiger partial charge in [0.2, 0.25) is 0 Å². The van der Waals surface area contributed by atoms with Crippen molar-refractivity contribution in [1.29, 1.82) is 0 Å². The molecule has 64 valence electrons. The van der Waals surface area contributed by atoms with Crippen LogP contribution in [0.4, 0.5) is 0 Å². The minimum Gasteiger partial charge on any atom is -0.297 e.